The van der Waals surface area contributed by atoms with E-state index in [1.54, 1.807) is 12.1 Å². The van der Waals surface area contributed by atoms with E-state index in [2.05, 4.69) is 5.32 Å². The van der Waals surface area contributed by atoms with Crippen LogP contribution in [0.1, 0.15) is 43.0 Å². The van der Waals surface area contributed by atoms with Crippen molar-refractivity contribution in [3.8, 4) is 0 Å². The fraction of sp³-hybridized carbons (Fsp3) is 0.588. The van der Waals surface area contributed by atoms with Crippen molar-refractivity contribution in [3.63, 3.8) is 0 Å². The maximum atomic E-state index is 12.7. The Labute approximate surface area is 143 Å². The largest absolute Gasteiger partial charge is 0.378 e. The van der Waals surface area contributed by atoms with E-state index in [1.807, 2.05) is 6.92 Å². The zero-order valence-corrected chi connectivity index (χ0v) is 14.7. The number of sulfonamides is 1. The lowest BCUT2D eigenvalue weighted by atomic mass is 10.2. The number of rotatable bonds is 4. The molecule has 1 aliphatic carbocycles. The Balaban J connectivity index is 1.72. The first kappa shape index (κ1) is 17.4. The monoisotopic (exact) mass is 352 g/mol. The summed E-state index contributed by atoms with van der Waals surface area (Å²) in [6, 6.07) is 6.26. The molecule has 1 heterocycles. The quantitative estimate of drug-likeness (QED) is 0.896. The van der Waals surface area contributed by atoms with Gasteiger partial charge in [-0.05, 0) is 44.0 Å². The number of carbonyl (C=O) groups is 1. The van der Waals surface area contributed by atoms with Crippen LogP contribution in [0.25, 0.3) is 0 Å². The summed E-state index contributed by atoms with van der Waals surface area (Å²) < 4.78 is 32.2. The van der Waals surface area contributed by atoms with Crippen LogP contribution in [0.3, 0.4) is 0 Å². The molecule has 1 aromatic rings. The van der Waals surface area contributed by atoms with E-state index >= 15 is 0 Å². The van der Waals surface area contributed by atoms with Gasteiger partial charge in [0.25, 0.3) is 5.91 Å². The molecule has 1 amide bonds. The van der Waals surface area contributed by atoms with E-state index in [-0.39, 0.29) is 22.9 Å². The molecule has 7 heteroatoms. The van der Waals surface area contributed by atoms with Crippen LogP contribution in [0.2, 0.25) is 0 Å². The molecular weight excluding hydrogens is 328 g/mol. The summed E-state index contributed by atoms with van der Waals surface area (Å²) in [7, 11) is -3.55. The van der Waals surface area contributed by atoms with Gasteiger partial charge in [0.2, 0.25) is 10.0 Å². The molecule has 132 valence electrons. The van der Waals surface area contributed by atoms with Crippen molar-refractivity contribution in [2.45, 2.75) is 49.6 Å². The molecule has 1 aliphatic heterocycles. The summed E-state index contributed by atoms with van der Waals surface area (Å²) in [5, 5.41) is 3.01. The summed E-state index contributed by atoms with van der Waals surface area (Å²) in [6.07, 6.45) is 4.35. The van der Waals surface area contributed by atoms with Crippen LogP contribution < -0.4 is 5.32 Å². The summed E-state index contributed by atoms with van der Waals surface area (Å²) in [6.45, 7) is 3.00. The second kappa shape index (κ2) is 7.21. The smallest absolute Gasteiger partial charge is 0.251 e. The van der Waals surface area contributed by atoms with Crippen LogP contribution in [-0.4, -0.2) is 50.5 Å². The maximum absolute atomic E-state index is 12.7. The van der Waals surface area contributed by atoms with Crippen molar-refractivity contribution in [2.24, 2.45) is 0 Å². The second-order valence-corrected chi connectivity index (χ2v) is 8.41. The van der Waals surface area contributed by atoms with Crippen molar-refractivity contribution in [3.05, 3.63) is 29.8 Å². The summed E-state index contributed by atoms with van der Waals surface area (Å²) in [4.78, 5) is 12.4. The molecule has 1 saturated carbocycles. The maximum Gasteiger partial charge on any atom is 0.251 e. The molecule has 2 fully saturated rings. The van der Waals surface area contributed by atoms with Crippen LogP contribution in [0.4, 0.5) is 0 Å². The van der Waals surface area contributed by atoms with Gasteiger partial charge in [0.05, 0.1) is 18.1 Å². The fourth-order valence-electron chi connectivity index (χ4n) is 3.32. The fourth-order valence-corrected chi connectivity index (χ4v) is 4.92. The van der Waals surface area contributed by atoms with Gasteiger partial charge in [-0.15, -0.1) is 0 Å². The number of nitrogens with one attached hydrogen (secondary N) is 1. The van der Waals surface area contributed by atoms with Crippen molar-refractivity contribution in [1.82, 2.24) is 9.62 Å². The van der Waals surface area contributed by atoms with E-state index in [4.69, 9.17) is 4.74 Å². The Morgan fingerprint density at radius 2 is 1.88 bits per heavy atom. The lowest BCUT2D eigenvalue weighted by molar-refractivity contribution is 0.0393. The number of carbonyl (C=O) groups excluding carboxylic acids is 1. The van der Waals surface area contributed by atoms with Gasteiger partial charge in [0, 0.05) is 24.2 Å². The summed E-state index contributed by atoms with van der Waals surface area (Å²) in [5.74, 6) is -0.134. The average molecular weight is 352 g/mol. The molecule has 2 aliphatic rings. The topological polar surface area (TPSA) is 75.7 Å². The molecule has 0 aromatic heterocycles. The zero-order chi connectivity index (χ0) is 17.2. The molecule has 1 atom stereocenters. The van der Waals surface area contributed by atoms with Gasteiger partial charge in [-0.25, -0.2) is 8.42 Å². The number of benzene rings is 1. The van der Waals surface area contributed by atoms with Gasteiger partial charge in [-0.3, -0.25) is 4.79 Å². The molecular formula is C17H24N2O4S. The Morgan fingerprint density at radius 3 is 2.50 bits per heavy atom. The molecule has 24 heavy (non-hydrogen) atoms. The predicted octanol–water partition coefficient (Wildman–Crippen LogP) is 1.77. The molecule has 6 nitrogen and oxygen atoms in total. The van der Waals surface area contributed by atoms with Crippen LogP contribution in [0, 0.1) is 0 Å². The van der Waals surface area contributed by atoms with E-state index in [1.165, 1.54) is 16.4 Å². The number of hydrogen-bond donors (Lipinski definition) is 1. The first-order valence-corrected chi connectivity index (χ1v) is 9.93. The number of nitrogens with zero attached hydrogens (tertiary/aromatic N) is 1. The van der Waals surface area contributed by atoms with E-state index in [0.717, 1.165) is 25.7 Å². The Hall–Kier alpha value is -1.44. The number of ether oxygens (including phenoxy) is 1. The highest BCUT2D eigenvalue weighted by Crippen LogP contribution is 2.22. The minimum absolute atomic E-state index is 0.134. The third-order valence-corrected chi connectivity index (χ3v) is 6.75. The van der Waals surface area contributed by atoms with Crippen LogP contribution >= 0.6 is 0 Å². The molecule has 1 N–H and O–H groups in total. The van der Waals surface area contributed by atoms with Crippen molar-refractivity contribution >= 4 is 15.9 Å². The third-order valence-electron chi connectivity index (χ3n) is 4.72. The van der Waals surface area contributed by atoms with Crippen molar-refractivity contribution < 1.29 is 17.9 Å². The van der Waals surface area contributed by atoms with Crippen molar-refractivity contribution in [2.75, 3.05) is 19.8 Å². The third kappa shape index (κ3) is 3.63. The highest BCUT2D eigenvalue weighted by molar-refractivity contribution is 7.89. The normalized spacial score (nSPS) is 23.3. The first-order chi connectivity index (χ1) is 11.5. The highest BCUT2D eigenvalue weighted by atomic mass is 32.2. The lowest BCUT2D eigenvalue weighted by Gasteiger charge is -2.32. The number of amides is 1. The zero-order valence-electron chi connectivity index (χ0n) is 13.9. The minimum atomic E-state index is -3.55. The van der Waals surface area contributed by atoms with Gasteiger partial charge in [-0.1, -0.05) is 12.8 Å². The van der Waals surface area contributed by atoms with Gasteiger partial charge in [0.1, 0.15) is 0 Å². The van der Waals surface area contributed by atoms with Crippen LogP contribution in [0.5, 0.6) is 0 Å². The van der Waals surface area contributed by atoms with Crippen LogP contribution in [0.15, 0.2) is 29.2 Å². The lowest BCUT2D eigenvalue weighted by Crippen LogP contribution is -2.46. The van der Waals surface area contributed by atoms with Gasteiger partial charge in [-0.2, -0.15) is 4.31 Å². The van der Waals surface area contributed by atoms with Gasteiger partial charge >= 0.3 is 0 Å². The van der Waals surface area contributed by atoms with Gasteiger partial charge < -0.3 is 10.1 Å². The summed E-state index contributed by atoms with van der Waals surface area (Å²) in [5.41, 5.74) is 0.496. The SMILES string of the molecule is CC1COCCN1S(=O)(=O)c1ccc(C(=O)NC2CCCC2)cc1. The van der Waals surface area contributed by atoms with Gasteiger partial charge in [0.15, 0.2) is 0 Å². The van der Waals surface area contributed by atoms with E-state index in [0.29, 0.717) is 25.3 Å². The molecule has 1 saturated heterocycles. The van der Waals surface area contributed by atoms with E-state index < -0.39 is 10.0 Å². The minimum Gasteiger partial charge on any atom is -0.378 e. The number of hydrogen-bond acceptors (Lipinski definition) is 4. The van der Waals surface area contributed by atoms with Crippen LogP contribution in [-0.2, 0) is 14.8 Å². The number of morpholine rings is 1. The Morgan fingerprint density at radius 1 is 1.21 bits per heavy atom. The molecule has 0 radical (unpaired) electrons. The molecule has 1 unspecified atom stereocenters. The predicted molar refractivity (Wildman–Crippen MR) is 90.3 cm³/mol. The molecule has 0 bridgehead atoms. The first-order valence-electron chi connectivity index (χ1n) is 8.49. The summed E-state index contributed by atoms with van der Waals surface area (Å²) >= 11 is 0. The van der Waals surface area contributed by atoms with Crippen molar-refractivity contribution in [1.29, 1.82) is 0 Å². The molecule has 3 rings (SSSR count). The Bertz CT molecular complexity index is 681. The van der Waals surface area contributed by atoms with E-state index in [9.17, 15) is 13.2 Å². The highest BCUT2D eigenvalue weighted by Gasteiger charge is 2.31. The Kier molecular flexibility index (Phi) is 5.22. The molecule has 1 aromatic carbocycles. The molecule has 0 spiro atoms. The average Bonchev–Trinajstić information content (AvgIpc) is 3.08. The second-order valence-electron chi connectivity index (χ2n) is 6.52. The standard InChI is InChI=1S/C17H24N2O4S/c1-13-12-23-11-10-19(13)24(21,22)16-8-6-14(7-9-16)17(20)18-15-4-2-3-5-15/h6-9,13,15H,2-5,10-12H2,1H3,(H,18,20).